The molecule has 26 heavy (non-hydrogen) atoms. The summed E-state index contributed by atoms with van der Waals surface area (Å²) in [6.07, 6.45) is -5.16. The van der Waals surface area contributed by atoms with Crippen LogP contribution in [-0.4, -0.2) is 23.3 Å². The number of aliphatic carboxylic acids is 1. The predicted octanol–water partition coefficient (Wildman–Crippen LogP) is 4.18. The molecule has 2 aromatic rings. The first-order valence-electron chi connectivity index (χ1n) is 7.37. The number of halogens is 3. The molecule has 0 spiro atoms. The van der Waals surface area contributed by atoms with E-state index in [-0.39, 0.29) is 18.6 Å². The van der Waals surface area contributed by atoms with Gasteiger partial charge >= 0.3 is 12.3 Å². The molecule has 2 aromatic carbocycles. The normalized spacial score (nSPS) is 10.9. The Morgan fingerprint density at radius 3 is 1.88 bits per heavy atom. The van der Waals surface area contributed by atoms with Crippen LogP contribution < -0.4 is 14.8 Å². The van der Waals surface area contributed by atoms with Crippen LogP contribution in [0.5, 0.6) is 17.2 Å². The third-order valence-electron chi connectivity index (χ3n) is 3.00. The van der Waals surface area contributed by atoms with E-state index in [4.69, 9.17) is 9.84 Å². The number of amides is 1. The molecule has 0 heterocycles. The molecular weight excluding hydrogens is 355 g/mol. The van der Waals surface area contributed by atoms with Gasteiger partial charge in [-0.1, -0.05) is 0 Å². The fourth-order valence-electron chi connectivity index (χ4n) is 1.90. The lowest BCUT2D eigenvalue weighted by molar-refractivity contribution is -0.274. The number of benzene rings is 2. The predicted molar refractivity (Wildman–Crippen MR) is 85.1 cm³/mol. The minimum absolute atomic E-state index is 0.139. The number of carboxylic acid groups (broad SMARTS) is 1. The number of ether oxygens (including phenoxy) is 2. The van der Waals surface area contributed by atoms with E-state index in [9.17, 15) is 22.8 Å². The van der Waals surface area contributed by atoms with E-state index in [1.54, 1.807) is 24.3 Å². The molecule has 138 valence electrons. The Balaban J connectivity index is 1.90. The van der Waals surface area contributed by atoms with Gasteiger partial charge in [0.05, 0.1) is 6.42 Å². The van der Waals surface area contributed by atoms with E-state index in [0.717, 1.165) is 12.1 Å². The third kappa shape index (κ3) is 6.71. The van der Waals surface area contributed by atoms with E-state index in [0.29, 0.717) is 17.2 Å². The fraction of sp³-hybridized carbons (Fsp3) is 0.176. The van der Waals surface area contributed by atoms with Gasteiger partial charge in [0.15, 0.2) is 0 Å². The first-order chi connectivity index (χ1) is 12.2. The van der Waals surface area contributed by atoms with Gasteiger partial charge in [-0.2, -0.15) is 0 Å². The number of carboxylic acids is 1. The first kappa shape index (κ1) is 19.1. The molecule has 0 aliphatic rings. The summed E-state index contributed by atoms with van der Waals surface area (Å²) in [4.78, 5) is 21.9. The average Bonchev–Trinajstić information content (AvgIpc) is 2.55. The van der Waals surface area contributed by atoms with Crippen molar-refractivity contribution in [3.8, 4) is 17.2 Å². The third-order valence-corrected chi connectivity index (χ3v) is 3.00. The van der Waals surface area contributed by atoms with Crippen molar-refractivity contribution in [2.24, 2.45) is 0 Å². The SMILES string of the molecule is O=C(O)CCC(=O)Nc1ccc(Oc2ccc(OC(F)(F)F)cc2)cc1. The summed E-state index contributed by atoms with van der Waals surface area (Å²) in [7, 11) is 0. The van der Waals surface area contributed by atoms with Crippen LogP contribution in [0.25, 0.3) is 0 Å². The Kier molecular flexibility index (Phi) is 6.05. The maximum atomic E-state index is 12.1. The Bertz CT molecular complexity index is 757. The molecule has 0 aromatic heterocycles. The van der Waals surface area contributed by atoms with Crippen molar-refractivity contribution in [1.82, 2.24) is 0 Å². The van der Waals surface area contributed by atoms with Gasteiger partial charge in [-0.3, -0.25) is 9.59 Å². The molecule has 0 unspecified atom stereocenters. The van der Waals surface area contributed by atoms with Gasteiger partial charge in [-0.15, -0.1) is 13.2 Å². The van der Waals surface area contributed by atoms with Gasteiger partial charge in [0.1, 0.15) is 17.2 Å². The van der Waals surface area contributed by atoms with E-state index in [2.05, 4.69) is 10.1 Å². The van der Waals surface area contributed by atoms with Crippen LogP contribution in [0, 0.1) is 0 Å². The summed E-state index contributed by atoms with van der Waals surface area (Å²) in [5.41, 5.74) is 0.460. The molecule has 0 aliphatic heterocycles. The van der Waals surface area contributed by atoms with Crippen LogP contribution in [0.1, 0.15) is 12.8 Å². The zero-order valence-corrected chi connectivity index (χ0v) is 13.2. The molecule has 0 saturated carbocycles. The van der Waals surface area contributed by atoms with Crippen molar-refractivity contribution < 1.29 is 37.3 Å². The number of hydrogen-bond donors (Lipinski definition) is 2. The number of hydrogen-bond acceptors (Lipinski definition) is 4. The number of anilines is 1. The lowest BCUT2D eigenvalue weighted by Crippen LogP contribution is -2.16. The van der Waals surface area contributed by atoms with Crippen LogP contribution in [0.4, 0.5) is 18.9 Å². The Morgan fingerprint density at radius 1 is 0.885 bits per heavy atom. The second-order valence-electron chi connectivity index (χ2n) is 5.09. The Hall–Kier alpha value is -3.23. The van der Waals surface area contributed by atoms with Gasteiger partial charge in [-0.05, 0) is 48.5 Å². The van der Waals surface area contributed by atoms with Crippen molar-refractivity contribution in [3.63, 3.8) is 0 Å². The number of nitrogens with one attached hydrogen (secondary N) is 1. The van der Waals surface area contributed by atoms with Crippen molar-refractivity contribution in [2.45, 2.75) is 19.2 Å². The summed E-state index contributed by atoms with van der Waals surface area (Å²) in [6.45, 7) is 0. The van der Waals surface area contributed by atoms with Crippen LogP contribution in [0.3, 0.4) is 0 Å². The van der Waals surface area contributed by atoms with Gasteiger partial charge in [0, 0.05) is 12.1 Å². The summed E-state index contributed by atoms with van der Waals surface area (Å²) >= 11 is 0. The lowest BCUT2D eigenvalue weighted by Gasteiger charge is -2.10. The quantitative estimate of drug-likeness (QED) is 0.765. The summed E-state index contributed by atoms with van der Waals surface area (Å²) in [6, 6.07) is 11.1. The van der Waals surface area contributed by atoms with Crippen molar-refractivity contribution in [3.05, 3.63) is 48.5 Å². The van der Waals surface area contributed by atoms with Gasteiger partial charge in [0.25, 0.3) is 0 Å². The second kappa shape index (κ2) is 8.24. The van der Waals surface area contributed by atoms with Gasteiger partial charge in [0.2, 0.25) is 5.91 Å². The second-order valence-corrected chi connectivity index (χ2v) is 5.09. The van der Waals surface area contributed by atoms with Crippen molar-refractivity contribution in [1.29, 1.82) is 0 Å². The molecule has 6 nitrogen and oxygen atoms in total. The number of alkyl halides is 3. The zero-order valence-electron chi connectivity index (χ0n) is 13.2. The topological polar surface area (TPSA) is 84.9 Å². The summed E-state index contributed by atoms with van der Waals surface area (Å²) in [5.74, 6) is -1.14. The molecule has 2 N–H and O–H groups in total. The highest BCUT2D eigenvalue weighted by Gasteiger charge is 2.30. The zero-order chi connectivity index (χ0) is 19.2. The van der Waals surface area contributed by atoms with Crippen LogP contribution >= 0.6 is 0 Å². The smallest absolute Gasteiger partial charge is 0.481 e. The highest BCUT2D eigenvalue weighted by Crippen LogP contribution is 2.27. The maximum Gasteiger partial charge on any atom is 0.573 e. The largest absolute Gasteiger partial charge is 0.573 e. The lowest BCUT2D eigenvalue weighted by atomic mass is 10.2. The first-order valence-corrected chi connectivity index (χ1v) is 7.37. The minimum atomic E-state index is -4.76. The minimum Gasteiger partial charge on any atom is -0.481 e. The van der Waals surface area contributed by atoms with Gasteiger partial charge < -0.3 is 19.9 Å². The highest BCUT2D eigenvalue weighted by molar-refractivity contribution is 5.92. The molecular formula is C17H14F3NO5. The molecule has 0 atom stereocenters. The molecule has 0 radical (unpaired) electrons. The number of rotatable bonds is 7. The van der Waals surface area contributed by atoms with E-state index < -0.39 is 18.2 Å². The molecule has 2 rings (SSSR count). The Labute approximate surface area is 146 Å². The van der Waals surface area contributed by atoms with Crippen molar-refractivity contribution >= 4 is 17.6 Å². The van der Waals surface area contributed by atoms with Crippen LogP contribution in [0.15, 0.2) is 48.5 Å². The number of carbonyl (C=O) groups excluding carboxylic acids is 1. The monoisotopic (exact) mass is 369 g/mol. The van der Waals surface area contributed by atoms with Crippen molar-refractivity contribution in [2.75, 3.05) is 5.32 Å². The molecule has 0 fully saturated rings. The molecule has 9 heteroatoms. The summed E-state index contributed by atoms with van der Waals surface area (Å²) in [5, 5.41) is 11.1. The highest BCUT2D eigenvalue weighted by atomic mass is 19.4. The van der Waals surface area contributed by atoms with E-state index in [1.165, 1.54) is 12.1 Å². The molecule has 0 saturated heterocycles. The number of carbonyl (C=O) groups is 2. The molecule has 0 aliphatic carbocycles. The Morgan fingerprint density at radius 2 is 1.38 bits per heavy atom. The molecule has 1 amide bonds. The van der Waals surface area contributed by atoms with Crippen LogP contribution in [-0.2, 0) is 9.59 Å². The summed E-state index contributed by atoms with van der Waals surface area (Å²) < 4.78 is 45.5. The van der Waals surface area contributed by atoms with E-state index in [1.807, 2.05) is 0 Å². The molecule has 0 bridgehead atoms. The van der Waals surface area contributed by atoms with Crippen LogP contribution in [0.2, 0.25) is 0 Å². The maximum absolute atomic E-state index is 12.1. The fourth-order valence-corrected chi connectivity index (χ4v) is 1.90. The van der Waals surface area contributed by atoms with Gasteiger partial charge in [-0.25, -0.2) is 0 Å². The average molecular weight is 369 g/mol. The standard InChI is InChI=1S/C17H14F3NO5/c18-17(19,20)26-14-7-5-13(6-8-14)25-12-3-1-11(2-4-12)21-15(22)9-10-16(23)24/h1-8H,9-10H2,(H,21,22)(H,23,24). The van der Waals surface area contributed by atoms with E-state index >= 15 is 0 Å².